The summed E-state index contributed by atoms with van der Waals surface area (Å²) in [5.41, 5.74) is 1.09. The third-order valence-electron chi connectivity index (χ3n) is 3.12. The molecule has 1 saturated carbocycles. The summed E-state index contributed by atoms with van der Waals surface area (Å²) in [6, 6.07) is 2.88. The standard InChI is InChI=1S/C12H17N3S/c1-10-9-16-12(14-10)8-15(7-6-13)11-4-2-3-5-11/h9,11H,2-5,7-8H2,1H3. The Bertz CT molecular complexity index is 374. The first-order chi connectivity index (χ1) is 7.79. The first kappa shape index (κ1) is 11.6. The van der Waals surface area contributed by atoms with E-state index < -0.39 is 0 Å². The van der Waals surface area contributed by atoms with Crippen molar-refractivity contribution in [2.45, 2.75) is 45.2 Å². The number of nitriles is 1. The van der Waals surface area contributed by atoms with Crippen LogP contribution in [0.2, 0.25) is 0 Å². The minimum absolute atomic E-state index is 0.531. The van der Waals surface area contributed by atoms with Gasteiger partial charge in [0.05, 0.1) is 19.2 Å². The Labute approximate surface area is 101 Å². The van der Waals surface area contributed by atoms with Gasteiger partial charge in [0, 0.05) is 17.1 Å². The lowest BCUT2D eigenvalue weighted by atomic mass is 10.2. The van der Waals surface area contributed by atoms with Crippen LogP contribution >= 0.6 is 11.3 Å². The monoisotopic (exact) mass is 235 g/mol. The highest BCUT2D eigenvalue weighted by atomic mass is 32.1. The summed E-state index contributed by atoms with van der Waals surface area (Å²) in [7, 11) is 0. The highest BCUT2D eigenvalue weighted by molar-refractivity contribution is 7.09. The van der Waals surface area contributed by atoms with Crippen molar-refractivity contribution in [1.29, 1.82) is 5.26 Å². The number of thiazole rings is 1. The van der Waals surface area contributed by atoms with Crippen LogP contribution in [-0.2, 0) is 6.54 Å². The Kier molecular flexibility index (Phi) is 3.92. The molecule has 16 heavy (non-hydrogen) atoms. The zero-order valence-corrected chi connectivity index (χ0v) is 10.5. The lowest BCUT2D eigenvalue weighted by molar-refractivity contribution is 0.214. The van der Waals surface area contributed by atoms with E-state index in [2.05, 4.69) is 21.3 Å². The second kappa shape index (κ2) is 5.42. The van der Waals surface area contributed by atoms with E-state index in [4.69, 9.17) is 5.26 Å². The van der Waals surface area contributed by atoms with Crippen molar-refractivity contribution in [1.82, 2.24) is 9.88 Å². The topological polar surface area (TPSA) is 39.9 Å². The Balaban J connectivity index is 1.99. The molecular formula is C12H17N3S. The van der Waals surface area contributed by atoms with Crippen molar-refractivity contribution in [3.63, 3.8) is 0 Å². The highest BCUT2D eigenvalue weighted by Gasteiger charge is 2.22. The molecular weight excluding hydrogens is 218 g/mol. The fourth-order valence-corrected chi connectivity index (χ4v) is 3.12. The van der Waals surface area contributed by atoms with Gasteiger partial charge in [-0.05, 0) is 19.8 Å². The molecule has 0 aromatic carbocycles. The van der Waals surface area contributed by atoms with Crippen LogP contribution in [-0.4, -0.2) is 22.5 Å². The number of nitrogens with zero attached hydrogens (tertiary/aromatic N) is 3. The van der Waals surface area contributed by atoms with Gasteiger partial charge in [0.2, 0.25) is 0 Å². The summed E-state index contributed by atoms with van der Waals surface area (Å²) < 4.78 is 0. The van der Waals surface area contributed by atoms with Crippen LogP contribution in [0.4, 0.5) is 0 Å². The van der Waals surface area contributed by atoms with Gasteiger partial charge in [-0.15, -0.1) is 11.3 Å². The quantitative estimate of drug-likeness (QED) is 0.753. The molecule has 0 spiro atoms. The smallest absolute Gasteiger partial charge is 0.107 e. The van der Waals surface area contributed by atoms with E-state index >= 15 is 0 Å². The minimum atomic E-state index is 0.531. The van der Waals surface area contributed by atoms with Crippen molar-refractivity contribution in [2.75, 3.05) is 6.54 Å². The van der Waals surface area contributed by atoms with Gasteiger partial charge in [-0.1, -0.05) is 12.8 Å². The van der Waals surface area contributed by atoms with E-state index in [0.717, 1.165) is 17.2 Å². The van der Waals surface area contributed by atoms with Crippen molar-refractivity contribution >= 4 is 11.3 Å². The van der Waals surface area contributed by atoms with Crippen molar-refractivity contribution in [3.05, 3.63) is 16.1 Å². The van der Waals surface area contributed by atoms with E-state index in [1.807, 2.05) is 6.92 Å². The Morgan fingerprint density at radius 2 is 2.31 bits per heavy atom. The molecule has 1 aliphatic rings. The summed E-state index contributed by atoms with van der Waals surface area (Å²) in [6.07, 6.45) is 5.10. The molecule has 3 nitrogen and oxygen atoms in total. The van der Waals surface area contributed by atoms with Crippen LogP contribution in [0.1, 0.15) is 36.4 Å². The summed E-state index contributed by atoms with van der Waals surface area (Å²) in [5, 5.41) is 12.1. The Hall–Kier alpha value is -0.920. The fraction of sp³-hybridized carbons (Fsp3) is 0.667. The normalized spacial score (nSPS) is 16.8. The molecule has 1 aliphatic carbocycles. The molecule has 1 aromatic heterocycles. The number of rotatable bonds is 4. The lowest BCUT2D eigenvalue weighted by Gasteiger charge is -2.24. The second-order valence-electron chi connectivity index (χ2n) is 4.38. The number of aromatic nitrogens is 1. The zero-order chi connectivity index (χ0) is 11.4. The first-order valence-corrected chi connectivity index (χ1v) is 6.69. The molecule has 0 amide bonds. The molecule has 0 atom stereocenters. The van der Waals surface area contributed by atoms with Gasteiger partial charge in [-0.2, -0.15) is 5.26 Å². The average molecular weight is 235 g/mol. The maximum atomic E-state index is 8.87. The molecule has 0 aliphatic heterocycles. The van der Waals surface area contributed by atoms with Gasteiger partial charge < -0.3 is 0 Å². The molecule has 0 unspecified atom stereocenters. The van der Waals surface area contributed by atoms with E-state index in [9.17, 15) is 0 Å². The van der Waals surface area contributed by atoms with Crippen LogP contribution in [0.25, 0.3) is 0 Å². The van der Waals surface area contributed by atoms with Crippen molar-refractivity contribution in [2.24, 2.45) is 0 Å². The third kappa shape index (κ3) is 2.81. The average Bonchev–Trinajstić information content (AvgIpc) is 2.88. The van der Waals surface area contributed by atoms with E-state index in [-0.39, 0.29) is 0 Å². The fourth-order valence-electron chi connectivity index (χ4n) is 2.32. The minimum Gasteiger partial charge on any atom is -0.281 e. The van der Waals surface area contributed by atoms with Gasteiger partial charge in [-0.25, -0.2) is 4.98 Å². The predicted molar refractivity (Wildman–Crippen MR) is 65.1 cm³/mol. The van der Waals surface area contributed by atoms with Crippen molar-refractivity contribution in [3.8, 4) is 6.07 Å². The van der Waals surface area contributed by atoms with Gasteiger partial charge in [0.25, 0.3) is 0 Å². The van der Waals surface area contributed by atoms with Crippen LogP contribution in [0.5, 0.6) is 0 Å². The van der Waals surface area contributed by atoms with E-state index in [1.165, 1.54) is 25.7 Å². The molecule has 0 saturated heterocycles. The predicted octanol–water partition coefficient (Wildman–Crippen LogP) is 2.72. The second-order valence-corrected chi connectivity index (χ2v) is 5.33. The molecule has 0 bridgehead atoms. The van der Waals surface area contributed by atoms with Gasteiger partial charge in [-0.3, -0.25) is 4.90 Å². The largest absolute Gasteiger partial charge is 0.281 e. The van der Waals surface area contributed by atoms with Crippen LogP contribution < -0.4 is 0 Å². The third-order valence-corrected chi connectivity index (χ3v) is 4.07. The number of aryl methyl sites for hydroxylation is 1. The summed E-state index contributed by atoms with van der Waals surface area (Å²) >= 11 is 1.70. The molecule has 2 rings (SSSR count). The number of hydrogen-bond acceptors (Lipinski definition) is 4. The summed E-state index contributed by atoms with van der Waals surface area (Å²) in [5.74, 6) is 0. The van der Waals surface area contributed by atoms with Crippen LogP contribution in [0.3, 0.4) is 0 Å². The SMILES string of the molecule is Cc1csc(CN(CC#N)C2CCCC2)n1. The molecule has 0 radical (unpaired) electrons. The Morgan fingerprint density at radius 1 is 1.56 bits per heavy atom. The zero-order valence-electron chi connectivity index (χ0n) is 9.65. The summed E-state index contributed by atoms with van der Waals surface area (Å²) in [6.45, 7) is 3.39. The molecule has 86 valence electrons. The molecule has 0 N–H and O–H groups in total. The molecule has 4 heteroatoms. The van der Waals surface area contributed by atoms with Gasteiger partial charge in [0.15, 0.2) is 0 Å². The van der Waals surface area contributed by atoms with Crippen LogP contribution in [0, 0.1) is 18.3 Å². The van der Waals surface area contributed by atoms with Gasteiger partial charge in [0.1, 0.15) is 5.01 Å². The molecule has 1 aromatic rings. The molecule has 1 fully saturated rings. The summed E-state index contributed by atoms with van der Waals surface area (Å²) in [4.78, 5) is 6.75. The van der Waals surface area contributed by atoms with E-state index in [0.29, 0.717) is 12.6 Å². The molecule has 1 heterocycles. The maximum Gasteiger partial charge on any atom is 0.107 e. The first-order valence-electron chi connectivity index (χ1n) is 5.81. The highest BCUT2D eigenvalue weighted by Crippen LogP contribution is 2.25. The van der Waals surface area contributed by atoms with Crippen LogP contribution in [0.15, 0.2) is 5.38 Å². The van der Waals surface area contributed by atoms with Crippen molar-refractivity contribution < 1.29 is 0 Å². The maximum absolute atomic E-state index is 8.87. The number of hydrogen-bond donors (Lipinski definition) is 0. The lowest BCUT2D eigenvalue weighted by Crippen LogP contribution is -2.33. The Morgan fingerprint density at radius 3 is 2.88 bits per heavy atom. The van der Waals surface area contributed by atoms with E-state index in [1.54, 1.807) is 11.3 Å². The van der Waals surface area contributed by atoms with Gasteiger partial charge >= 0.3 is 0 Å².